The highest BCUT2D eigenvalue weighted by molar-refractivity contribution is 9.10. The molecular weight excluding hydrogens is 352 g/mol. The molecule has 0 saturated heterocycles. The van der Waals surface area contributed by atoms with E-state index in [9.17, 15) is 0 Å². The lowest BCUT2D eigenvalue weighted by molar-refractivity contribution is 1.18. The van der Waals surface area contributed by atoms with Crippen molar-refractivity contribution in [2.75, 3.05) is 5.32 Å². The second-order valence-corrected chi connectivity index (χ2v) is 7.44. The Morgan fingerprint density at radius 1 is 1.22 bits per heavy atom. The molecule has 0 amide bonds. The summed E-state index contributed by atoms with van der Waals surface area (Å²) < 4.78 is 3.08. The van der Waals surface area contributed by atoms with Crippen LogP contribution in [0.4, 0.5) is 5.13 Å². The molecule has 1 N–H and O–H groups in total. The molecule has 18 heavy (non-hydrogen) atoms. The molecule has 0 saturated carbocycles. The molecule has 0 atom stereocenters. The highest BCUT2D eigenvalue weighted by Gasteiger charge is 2.04. The summed E-state index contributed by atoms with van der Waals surface area (Å²) in [6.45, 7) is 0.762. The second-order valence-electron chi connectivity index (χ2n) is 3.69. The number of rotatable bonds is 3. The van der Waals surface area contributed by atoms with Gasteiger partial charge in [0.25, 0.3) is 0 Å². The summed E-state index contributed by atoms with van der Waals surface area (Å²) in [6, 6.07) is 10.1. The molecule has 0 aliphatic rings. The number of aromatic nitrogens is 1. The maximum atomic E-state index is 5.90. The van der Waals surface area contributed by atoms with Crippen molar-refractivity contribution in [3.63, 3.8) is 0 Å². The van der Waals surface area contributed by atoms with E-state index in [2.05, 4.69) is 32.3 Å². The number of nitrogens with one attached hydrogen (secondary N) is 1. The summed E-state index contributed by atoms with van der Waals surface area (Å²) in [4.78, 5) is 5.74. The quantitative estimate of drug-likeness (QED) is 0.678. The SMILES string of the molecule is Clc1ccc(CNc2nc3ccc(Br)cc3s2)s1. The van der Waals surface area contributed by atoms with E-state index in [4.69, 9.17) is 11.6 Å². The zero-order chi connectivity index (χ0) is 12.5. The van der Waals surface area contributed by atoms with E-state index in [1.807, 2.05) is 24.3 Å². The Kier molecular flexibility index (Phi) is 3.56. The van der Waals surface area contributed by atoms with E-state index in [-0.39, 0.29) is 0 Å². The third-order valence-corrected chi connectivity index (χ3v) is 5.09. The molecule has 3 aromatic rings. The van der Waals surface area contributed by atoms with E-state index in [0.29, 0.717) is 0 Å². The van der Waals surface area contributed by atoms with Gasteiger partial charge in [-0.25, -0.2) is 4.98 Å². The number of thiophene rings is 1. The standard InChI is InChI=1S/C12H8BrClN2S2/c13-7-1-3-9-10(5-7)18-12(16-9)15-6-8-2-4-11(14)17-8/h1-5H,6H2,(H,15,16). The van der Waals surface area contributed by atoms with Crippen LogP contribution in [0.2, 0.25) is 4.34 Å². The Morgan fingerprint density at radius 3 is 2.89 bits per heavy atom. The number of hydrogen-bond acceptors (Lipinski definition) is 4. The third kappa shape index (κ3) is 2.69. The van der Waals surface area contributed by atoms with Crippen molar-refractivity contribution in [3.05, 3.63) is 44.0 Å². The molecule has 3 rings (SSSR count). The van der Waals surface area contributed by atoms with Crippen LogP contribution >= 0.6 is 50.2 Å². The first kappa shape index (κ1) is 12.4. The largest absolute Gasteiger partial charge is 0.357 e. The predicted octanol–water partition coefficient (Wildman–Crippen LogP) is 5.39. The fraction of sp³-hybridized carbons (Fsp3) is 0.0833. The number of hydrogen-bond donors (Lipinski definition) is 1. The third-order valence-electron chi connectivity index (χ3n) is 2.39. The van der Waals surface area contributed by atoms with E-state index in [1.165, 1.54) is 9.58 Å². The molecule has 0 bridgehead atoms. The summed E-state index contributed by atoms with van der Waals surface area (Å²) in [5.41, 5.74) is 1.02. The van der Waals surface area contributed by atoms with Crippen LogP contribution in [0.5, 0.6) is 0 Å². The zero-order valence-corrected chi connectivity index (χ0v) is 13.1. The van der Waals surface area contributed by atoms with Gasteiger partial charge in [0.1, 0.15) is 0 Å². The predicted molar refractivity (Wildman–Crippen MR) is 84.0 cm³/mol. The molecule has 2 heterocycles. The average molecular weight is 360 g/mol. The van der Waals surface area contributed by atoms with Crippen molar-refractivity contribution >= 4 is 65.6 Å². The monoisotopic (exact) mass is 358 g/mol. The first-order valence-corrected chi connectivity index (χ1v) is 8.05. The molecule has 2 aromatic heterocycles. The lowest BCUT2D eigenvalue weighted by Crippen LogP contribution is -1.95. The molecule has 0 unspecified atom stereocenters. The van der Waals surface area contributed by atoms with E-state index in [0.717, 1.165) is 26.0 Å². The first-order valence-electron chi connectivity index (χ1n) is 5.25. The van der Waals surface area contributed by atoms with Crippen molar-refractivity contribution in [3.8, 4) is 0 Å². The van der Waals surface area contributed by atoms with Gasteiger partial charge in [-0.2, -0.15) is 0 Å². The lowest BCUT2D eigenvalue weighted by Gasteiger charge is -1.98. The summed E-state index contributed by atoms with van der Waals surface area (Å²) in [5.74, 6) is 0. The number of fused-ring (bicyclic) bond motifs is 1. The van der Waals surface area contributed by atoms with Crippen LogP contribution in [0.1, 0.15) is 4.88 Å². The summed E-state index contributed by atoms with van der Waals surface area (Å²) in [6.07, 6.45) is 0. The van der Waals surface area contributed by atoms with E-state index < -0.39 is 0 Å². The van der Waals surface area contributed by atoms with Crippen LogP contribution in [0.3, 0.4) is 0 Å². The molecule has 0 fully saturated rings. The number of benzene rings is 1. The average Bonchev–Trinajstić information content (AvgIpc) is 2.92. The Hall–Kier alpha value is -0.620. The molecule has 92 valence electrons. The summed E-state index contributed by atoms with van der Waals surface area (Å²) in [7, 11) is 0. The normalized spacial score (nSPS) is 11.0. The molecule has 0 radical (unpaired) electrons. The molecule has 0 aliphatic heterocycles. The van der Waals surface area contributed by atoms with E-state index >= 15 is 0 Å². The fourth-order valence-corrected chi connectivity index (χ4v) is 4.02. The molecule has 6 heteroatoms. The molecular formula is C12H8BrClN2S2. The van der Waals surface area contributed by atoms with Crippen LogP contribution in [0, 0.1) is 0 Å². The van der Waals surface area contributed by atoms with Gasteiger partial charge in [0, 0.05) is 9.35 Å². The van der Waals surface area contributed by atoms with Crippen molar-refractivity contribution in [1.29, 1.82) is 0 Å². The fourth-order valence-electron chi connectivity index (χ4n) is 1.58. The maximum Gasteiger partial charge on any atom is 0.184 e. The van der Waals surface area contributed by atoms with Crippen molar-refractivity contribution < 1.29 is 0 Å². The van der Waals surface area contributed by atoms with Gasteiger partial charge in [0.15, 0.2) is 5.13 Å². The minimum atomic E-state index is 0.762. The summed E-state index contributed by atoms with van der Waals surface area (Å²) in [5, 5.41) is 4.26. The van der Waals surface area contributed by atoms with Gasteiger partial charge in [-0.15, -0.1) is 11.3 Å². The van der Waals surface area contributed by atoms with Gasteiger partial charge in [-0.3, -0.25) is 0 Å². The van der Waals surface area contributed by atoms with Gasteiger partial charge in [-0.05, 0) is 30.3 Å². The lowest BCUT2D eigenvalue weighted by atomic mass is 10.3. The number of thiazole rings is 1. The molecule has 0 spiro atoms. The molecule has 0 aliphatic carbocycles. The van der Waals surface area contributed by atoms with E-state index in [1.54, 1.807) is 22.7 Å². The van der Waals surface area contributed by atoms with Crippen LogP contribution in [0.25, 0.3) is 10.2 Å². The van der Waals surface area contributed by atoms with Crippen molar-refractivity contribution in [1.82, 2.24) is 4.98 Å². The van der Waals surface area contributed by atoms with Crippen LogP contribution in [-0.4, -0.2) is 4.98 Å². The highest BCUT2D eigenvalue weighted by Crippen LogP contribution is 2.29. The van der Waals surface area contributed by atoms with Crippen LogP contribution < -0.4 is 5.32 Å². The van der Waals surface area contributed by atoms with Gasteiger partial charge in [0.05, 0.1) is 21.1 Å². The Bertz CT molecular complexity index is 692. The minimum absolute atomic E-state index is 0.762. The van der Waals surface area contributed by atoms with Crippen molar-refractivity contribution in [2.24, 2.45) is 0 Å². The second kappa shape index (κ2) is 5.17. The molecule has 2 nitrogen and oxygen atoms in total. The Balaban J connectivity index is 1.78. The van der Waals surface area contributed by atoms with Crippen LogP contribution in [0.15, 0.2) is 34.8 Å². The number of anilines is 1. The summed E-state index contributed by atoms with van der Waals surface area (Å²) >= 11 is 12.6. The number of nitrogens with zero attached hydrogens (tertiary/aromatic N) is 1. The van der Waals surface area contributed by atoms with Crippen molar-refractivity contribution in [2.45, 2.75) is 6.54 Å². The molecule has 1 aromatic carbocycles. The van der Waals surface area contributed by atoms with Gasteiger partial charge < -0.3 is 5.32 Å². The zero-order valence-electron chi connectivity index (χ0n) is 9.11. The van der Waals surface area contributed by atoms with Gasteiger partial charge >= 0.3 is 0 Å². The first-order chi connectivity index (χ1) is 8.70. The Morgan fingerprint density at radius 2 is 2.11 bits per heavy atom. The smallest absolute Gasteiger partial charge is 0.184 e. The Labute approximate surface area is 126 Å². The van der Waals surface area contributed by atoms with Gasteiger partial charge in [0.2, 0.25) is 0 Å². The highest BCUT2D eigenvalue weighted by atomic mass is 79.9. The number of halogens is 2. The van der Waals surface area contributed by atoms with Crippen LogP contribution in [-0.2, 0) is 6.54 Å². The van der Waals surface area contributed by atoms with Gasteiger partial charge in [-0.1, -0.05) is 38.9 Å². The topological polar surface area (TPSA) is 24.9 Å². The maximum absolute atomic E-state index is 5.90. The minimum Gasteiger partial charge on any atom is -0.357 e.